The third kappa shape index (κ3) is 5.85. The summed E-state index contributed by atoms with van der Waals surface area (Å²) in [5, 5.41) is 10.8. The summed E-state index contributed by atoms with van der Waals surface area (Å²) in [5.41, 5.74) is -0.307. The summed E-state index contributed by atoms with van der Waals surface area (Å²) < 4.78 is 0. The number of rotatable bonds is 4. The molecule has 0 aliphatic heterocycles. The molecule has 0 aromatic heterocycles. The molecular formula is C9H17NO3S. The summed E-state index contributed by atoms with van der Waals surface area (Å²) in [4.78, 5) is 22.0. The third-order valence-electron chi connectivity index (χ3n) is 1.45. The minimum absolute atomic E-state index is 0.0216. The molecule has 14 heavy (non-hydrogen) atoms. The van der Waals surface area contributed by atoms with Crippen LogP contribution in [0.1, 0.15) is 27.2 Å². The smallest absolute Gasteiger partial charge is 0.317 e. The number of thioether (sulfide) groups is 1. The van der Waals surface area contributed by atoms with Gasteiger partial charge in [0.2, 0.25) is 5.91 Å². The van der Waals surface area contributed by atoms with E-state index in [1.54, 1.807) is 6.26 Å². The van der Waals surface area contributed by atoms with E-state index in [4.69, 9.17) is 5.11 Å². The molecule has 0 aliphatic carbocycles. The van der Waals surface area contributed by atoms with Gasteiger partial charge in [-0.2, -0.15) is 0 Å². The molecule has 1 amide bonds. The standard InChI is InChI=1S/C9H17NO3S/c1-9(2,3)10-7(11)5-6(14-4)8(12)13/h6H,5H2,1-4H3,(H,10,11)(H,12,13). The fourth-order valence-electron chi connectivity index (χ4n) is 0.909. The van der Waals surface area contributed by atoms with Gasteiger partial charge in [0, 0.05) is 12.0 Å². The molecule has 0 fully saturated rings. The predicted octanol–water partition coefficient (Wildman–Crippen LogP) is 1.11. The maximum Gasteiger partial charge on any atom is 0.317 e. The Morgan fingerprint density at radius 1 is 1.43 bits per heavy atom. The number of carbonyl (C=O) groups excluding carboxylic acids is 1. The largest absolute Gasteiger partial charge is 0.480 e. The van der Waals surface area contributed by atoms with Crippen molar-refractivity contribution in [2.75, 3.05) is 6.26 Å². The van der Waals surface area contributed by atoms with Crippen molar-refractivity contribution in [1.29, 1.82) is 0 Å². The van der Waals surface area contributed by atoms with Crippen LogP contribution in [0.25, 0.3) is 0 Å². The van der Waals surface area contributed by atoms with Crippen molar-refractivity contribution in [3.05, 3.63) is 0 Å². The molecule has 0 radical (unpaired) electrons. The summed E-state index contributed by atoms with van der Waals surface area (Å²) in [7, 11) is 0. The fraction of sp³-hybridized carbons (Fsp3) is 0.778. The first-order chi connectivity index (χ1) is 6.26. The highest BCUT2D eigenvalue weighted by molar-refractivity contribution is 7.99. The molecule has 1 unspecified atom stereocenters. The molecule has 0 rings (SSSR count). The van der Waals surface area contributed by atoms with E-state index in [0.29, 0.717) is 0 Å². The minimum Gasteiger partial charge on any atom is -0.480 e. The number of carbonyl (C=O) groups is 2. The highest BCUT2D eigenvalue weighted by Crippen LogP contribution is 2.11. The summed E-state index contributed by atoms with van der Waals surface area (Å²) in [5.74, 6) is -1.17. The average molecular weight is 219 g/mol. The van der Waals surface area contributed by atoms with Gasteiger partial charge in [0.15, 0.2) is 0 Å². The second-order valence-corrected chi connectivity index (χ2v) is 5.11. The summed E-state index contributed by atoms with van der Waals surface area (Å²) in [6.45, 7) is 5.58. The van der Waals surface area contributed by atoms with Crippen LogP contribution in [0, 0.1) is 0 Å². The van der Waals surface area contributed by atoms with Crippen LogP contribution in [0.4, 0.5) is 0 Å². The second-order valence-electron chi connectivity index (χ2n) is 4.06. The van der Waals surface area contributed by atoms with E-state index in [9.17, 15) is 9.59 Å². The lowest BCUT2D eigenvalue weighted by Crippen LogP contribution is -2.42. The number of hydrogen-bond donors (Lipinski definition) is 2. The lowest BCUT2D eigenvalue weighted by Gasteiger charge is -2.21. The number of carboxylic acids is 1. The van der Waals surface area contributed by atoms with Gasteiger partial charge in [-0.1, -0.05) is 0 Å². The molecule has 4 nitrogen and oxygen atoms in total. The van der Waals surface area contributed by atoms with E-state index in [-0.39, 0.29) is 17.9 Å². The van der Waals surface area contributed by atoms with Gasteiger partial charge in [-0.05, 0) is 27.0 Å². The van der Waals surface area contributed by atoms with Crippen molar-refractivity contribution in [2.24, 2.45) is 0 Å². The monoisotopic (exact) mass is 219 g/mol. The molecule has 1 atom stereocenters. The quantitative estimate of drug-likeness (QED) is 0.743. The molecule has 82 valence electrons. The Labute approximate surface area is 88.4 Å². The molecule has 5 heteroatoms. The molecule has 0 bridgehead atoms. The fourth-order valence-corrected chi connectivity index (χ4v) is 1.43. The number of hydrogen-bond acceptors (Lipinski definition) is 3. The van der Waals surface area contributed by atoms with E-state index in [0.717, 1.165) is 0 Å². The van der Waals surface area contributed by atoms with Gasteiger partial charge in [-0.25, -0.2) is 0 Å². The van der Waals surface area contributed by atoms with Crippen molar-refractivity contribution in [2.45, 2.75) is 38.0 Å². The maximum absolute atomic E-state index is 11.3. The number of amides is 1. The van der Waals surface area contributed by atoms with Crippen LogP contribution >= 0.6 is 11.8 Å². The zero-order valence-corrected chi connectivity index (χ0v) is 9.77. The van der Waals surface area contributed by atoms with E-state index < -0.39 is 11.2 Å². The zero-order chi connectivity index (χ0) is 11.4. The number of aliphatic carboxylic acids is 1. The molecule has 0 heterocycles. The Morgan fingerprint density at radius 3 is 2.21 bits per heavy atom. The first kappa shape index (κ1) is 13.3. The van der Waals surface area contributed by atoms with Crippen LogP contribution in [0.3, 0.4) is 0 Å². The van der Waals surface area contributed by atoms with Crippen molar-refractivity contribution in [3.8, 4) is 0 Å². The van der Waals surface area contributed by atoms with Gasteiger partial charge < -0.3 is 10.4 Å². The van der Waals surface area contributed by atoms with Crippen molar-refractivity contribution >= 4 is 23.6 Å². The Morgan fingerprint density at radius 2 is 1.93 bits per heavy atom. The van der Waals surface area contributed by atoms with Gasteiger partial charge in [0.25, 0.3) is 0 Å². The Balaban J connectivity index is 4.11. The van der Waals surface area contributed by atoms with Crippen LogP contribution in [0.2, 0.25) is 0 Å². The first-order valence-corrected chi connectivity index (χ1v) is 5.61. The number of carboxylic acid groups (broad SMARTS) is 1. The predicted molar refractivity (Wildman–Crippen MR) is 57.5 cm³/mol. The Hall–Kier alpha value is -0.710. The van der Waals surface area contributed by atoms with Gasteiger partial charge in [0.05, 0.1) is 0 Å². The maximum atomic E-state index is 11.3. The molecule has 0 aromatic carbocycles. The first-order valence-electron chi connectivity index (χ1n) is 4.33. The van der Waals surface area contributed by atoms with Gasteiger partial charge in [-0.15, -0.1) is 11.8 Å². The van der Waals surface area contributed by atoms with Gasteiger partial charge >= 0.3 is 5.97 Å². The van der Waals surface area contributed by atoms with Crippen LogP contribution in [-0.4, -0.2) is 34.0 Å². The van der Waals surface area contributed by atoms with Crippen LogP contribution in [0.5, 0.6) is 0 Å². The summed E-state index contributed by atoms with van der Waals surface area (Å²) >= 11 is 1.17. The molecular weight excluding hydrogens is 202 g/mol. The summed E-state index contributed by atoms with van der Waals surface area (Å²) in [6, 6.07) is 0. The highest BCUT2D eigenvalue weighted by Gasteiger charge is 2.22. The molecule has 0 saturated heterocycles. The number of nitrogens with one attached hydrogen (secondary N) is 1. The van der Waals surface area contributed by atoms with Crippen LogP contribution in [-0.2, 0) is 9.59 Å². The van der Waals surface area contributed by atoms with E-state index in [1.807, 2.05) is 20.8 Å². The summed E-state index contributed by atoms with van der Waals surface area (Å²) in [6.07, 6.45) is 1.71. The van der Waals surface area contributed by atoms with Crippen molar-refractivity contribution in [1.82, 2.24) is 5.32 Å². The topological polar surface area (TPSA) is 66.4 Å². The second kappa shape index (κ2) is 5.24. The van der Waals surface area contributed by atoms with E-state index in [1.165, 1.54) is 11.8 Å². The third-order valence-corrected chi connectivity index (χ3v) is 2.38. The molecule has 0 aliphatic rings. The normalized spacial score (nSPS) is 13.4. The highest BCUT2D eigenvalue weighted by atomic mass is 32.2. The molecule has 0 spiro atoms. The molecule has 0 aromatic rings. The molecule has 0 saturated carbocycles. The van der Waals surface area contributed by atoms with Crippen LogP contribution in [0.15, 0.2) is 0 Å². The van der Waals surface area contributed by atoms with Crippen molar-refractivity contribution in [3.63, 3.8) is 0 Å². The SMILES string of the molecule is CSC(CC(=O)NC(C)(C)C)C(=O)O. The Bertz CT molecular complexity index is 223. The molecule has 2 N–H and O–H groups in total. The average Bonchev–Trinajstić information content (AvgIpc) is 1.96. The lowest BCUT2D eigenvalue weighted by atomic mass is 10.1. The van der Waals surface area contributed by atoms with Gasteiger partial charge in [-0.3, -0.25) is 9.59 Å². The van der Waals surface area contributed by atoms with Crippen molar-refractivity contribution < 1.29 is 14.7 Å². The minimum atomic E-state index is -0.943. The zero-order valence-electron chi connectivity index (χ0n) is 8.96. The van der Waals surface area contributed by atoms with Crippen LogP contribution < -0.4 is 5.32 Å². The van der Waals surface area contributed by atoms with Gasteiger partial charge in [0.1, 0.15) is 5.25 Å². The lowest BCUT2D eigenvalue weighted by molar-refractivity contribution is -0.138. The van der Waals surface area contributed by atoms with E-state index in [2.05, 4.69) is 5.32 Å². The Kier molecular flexibility index (Phi) is 4.97. The van der Waals surface area contributed by atoms with E-state index >= 15 is 0 Å².